The molecule has 0 saturated carbocycles. The maximum Gasteiger partial charge on any atom is 0.190 e. The van der Waals surface area contributed by atoms with E-state index >= 15 is 0 Å². The topological polar surface area (TPSA) is 65.4 Å². The van der Waals surface area contributed by atoms with Crippen molar-refractivity contribution in [2.24, 2.45) is 0 Å². The van der Waals surface area contributed by atoms with E-state index in [1.165, 1.54) is 12.1 Å². The van der Waals surface area contributed by atoms with Crippen molar-refractivity contribution in [3.05, 3.63) is 70.7 Å². The minimum atomic E-state index is -0.255. The molecule has 0 radical (unpaired) electrons. The van der Waals surface area contributed by atoms with Crippen LogP contribution >= 0.6 is 0 Å². The van der Waals surface area contributed by atoms with Crippen LogP contribution in [0.5, 0.6) is 0 Å². The minimum absolute atomic E-state index is 0.255. The molecular weight excluding hydrogens is 291 g/mol. The zero-order chi connectivity index (χ0) is 16.2. The molecule has 23 heavy (non-hydrogen) atoms. The molecule has 0 spiro atoms. The Morgan fingerprint density at radius 3 is 2.52 bits per heavy atom. The van der Waals surface area contributed by atoms with Crippen LogP contribution in [0.3, 0.4) is 0 Å². The van der Waals surface area contributed by atoms with Gasteiger partial charge in [0.2, 0.25) is 0 Å². The molecule has 0 aliphatic carbocycles. The quantitative estimate of drug-likeness (QED) is 0.745. The fraction of sp³-hybridized carbons (Fsp3) is 0.0556. The lowest BCUT2D eigenvalue weighted by molar-refractivity contribution is 0.628. The third-order valence-corrected chi connectivity index (χ3v) is 3.37. The summed E-state index contributed by atoms with van der Waals surface area (Å²) in [5.74, 6) is -0.255. The first-order chi connectivity index (χ1) is 11.2. The predicted molar refractivity (Wildman–Crippen MR) is 86.6 cm³/mol. The van der Waals surface area contributed by atoms with Crippen molar-refractivity contribution >= 4 is 12.2 Å². The molecule has 1 aromatic heterocycles. The summed E-state index contributed by atoms with van der Waals surface area (Å²) in [7, 11) is 0. The second-order valence-electron chi connectivity index (χ2n) is 5.15. The molecule has 0 bridgehead atoms. The lowest BCUT2D eigenvalue weighted by Gasteiger charge is -2.03. The Morgan fingerprint density at radius 2 is 1.78 bits per heavy atom. The van der Waals surface area contributed by atoms with Crippen LogP contribution < -0.4 is 0 Å². The molecule has 1 heterocycles. The van der Waals surface area contributed by atoms with Crippen molar-refractivity contribution in [2.45, 2.75) is 6.92 Å². The molecule has 0 fully saturated rings. The van der Waals surface area contributed by atoms with E-state index < -0.39 is 0 Å². The average Bonchev–Trinajstić information content (AvgIpc) is 3.02. The Kier molecular flexibility index (Phi) is 3.98. The fourth-order valence-electron chi connectivity index (χ4n) is 2.32. The smallest absolute Gasteiger partial charge is 0.190 e. The molecule has 4 nitrogen and oxygen atoms in total. The number of aryl methyl sites for hydroxylation is 1. The highest BCUT2D eigenvalue weighted by Gasteiger charge is 2.10. The predicted octanol–water partition coefficient (Wildman–Crippen LogP) is 3.96. The fourth-order valence-corrected chi connectivity index (χ4v) is 2.32. The van der Waals surface area contributed by atoms with E-state index in [1.54, 1.807) is 12.1 Å². The number of hydrogen-bond donors (Lipinski definition) is 1. The standard InChI is InChI=1S/C18H13FN4/c1-12-8-14(3-2-13-4-6-16(19)7-5-13)10-15(9-12)18-17(11-20)21-23-22-18/h2-10H,1H3,(H,21,22,23). The Bertz CT molecular complexity index is 902. The highest BCUT2D eigenvalue weighted by Crippen LogP contribution is 2.23. The van der Waals surface area contributed by atoms with E-state index in [1.807, 2.05) is 43.3 Å². The van der Waals surface area contributed by atoms with Crippen molar-refractivity contribution in [1.29, 1.82) is 5.26 Å². The second-order valence-corrected chi connectivity index (χ2v) is 5.15. The second kappa shape index (κ2) is 6.24. The van der Waals surface area contributed by atoms with Crippen LogP contribution in [-0.2, 0) is 0 Å². The van der Waals surface area contributed by atoms with Gasteiger partial charge in [0.25, 0.3) is 0 Å². The van der Waals surface area contributed by atoms with Crippen molar-refractivity contribution in [1.82, 2.24) is 15.4 Å². The summed E-state index contributed by atoms with van der Waals surface area (Å²) < 4.78 is 12.9. The van der Waals surface area contributed by atoms with Crippen LogP contribution in [0.4, 0.5) is 4.39 Å². The first-order valence-corrected chi connectivity index (χ1v) is 7.02. The lowest BCUT2D eigenvalue weighted by atomic mass is 10.0. The van der Waals surface area contributed by atoms with E-state index in [-0.39, 0.29) is 11.5 Å². The van der Waals surface area contributed by atoms with Crippen molar-refractivity contribution in [3.8, 4) is 17.3 Å². The van der Waals surface area contributed by atoms with Crippen LogP contribution in [0.2, 0.25) is 0 Å². The highest BCUT2D eigenvalue weighted by atomic mass is 19.1. The number of rotatable bonds is 3. The number of nitrogens with one attached hydrogen (secondary N) is 1. The lowest BCUT2D eigenvalue weighted by Crippen LogP contribution is -1.86. The maximum atomic E-state index is 12.9. The summed E-state index contributed by atoms with van der Waals surface area (Å²) >= 11 is 0. The van der Waals surface area contributed by atoms with Gasteiger partial charge < -0.3 is 0 Å². The third-order valence-electron chi connectivity index (χ3n) is 3.37. The monoisotopic (exact) mass is 304 g/mol. The summed E-state index contributed by atoms with van der Waals surface area (Å²) in [5, 5.41) is 19.4. The van der Waals surface area contributed by atoms with E-state index in [9.17, 15) is 4.39 Å². The number of nitrogens with zero attached hydrogens (tertiary/aromatic N) is 3. The number of hydrogen-bond acceptors (Lipinski definition) is 3. The van der Waals surface area contributed by atoms with Crippen LogP contribution in [-0.4, -0.2) is 15.4 Å². The van der Waals surface area contributed by atoms with Crippen LogP contribution in [0.15, 0.2) is 42.5 Å². The van der Waals surface area contributed by atoms with E-state index in [0.29, 0.717) is 5.69 Å². The number of aromatic nitrogens is 3. The van der Waals surface area contributed by atoms with Gasteiger partial charge >= 0.3 is 0 Å². The van der Waals surface area contributed by atoms with Gasteiger partial charge in [0.15, 0.2) is 5.69 Å². The van der Waals surface area contributed by atoms with Crippen LogP contribution in [0.1, 0.15) is 22.4 Å². The zero-order valence-electron chi connectivity index (χ0n) is 12.4. The normalized spacial score (nSPS) is 10.8. The number of aromatic amines is 1. The molecule has 0 aliphatic heterocycles. The summed E-state index contributed by atoms with van der Waals surface area (Å²) in [6.45, 7) is 1.98. The minimum Gasteiger partial charge on any atom is -0.207 e. The molecule has 2 aromatic carbocycles. The van der Waals surface area contributed by atoms with Crippen LogP contribution in [0, 0.1) is 24.1 Å². The molecule has 3 rings (SSSR count). The van der Waals surface area contributed by atoms with Gasteiger partial charge in [0.1, 0.15) is 17.6 Å². The average molecular weight is 304 g/mol. The number of halogens is 1. The molecule has 5 heteroatoms. The Labute approximate surface area is 132 Å². The Hall–Kier alpha value is -3.26. The Balaban J connectivity index is 1.95. The van der Waals surface area contributed by atoms with E-state index in [2.05, 4.69) is 15.4 Å². The molecule has 1 N–H and O–H groups in total. The van der Waals surface area contributed by atoms with Gasteiger partial charge in [-0.2, -0.15) is 15.6 Å². The first-order valence-electron chi connectivity index (χ1n) is 7.02. The number of benzene rings is 2. The van der Waals surface area contributed by atoms with Gasteiger partial charge in [-0.15, -0.1) is 5.10 Å². The summed E-state index contributed by atoms with van der Waals surface area (Å²) in [6, 6.07) is 14.2. The molecule has 0 saturated heterocycles. The highest BCUT2D eigenvalue weighted by molar-refractivity contribution is 5.74. The summed E-state index contributed by atoms with van der Waals surface area (Å²) in [6.07, 6.45) is 3.85. The molecule has 0 atom stereocenters. The van der Waals surface area contributed by atoms with Crippen molar-refractivity contribution in [3.63, 3.8) is 0 Å². The first kappa shape index (κ1) is 14.7. The Morgan fingerprint density at radius 1 is 1.04 bits per heavy atom. The van der Waals surface area contributed by atoms with E-state index in [4.69, 9.17) is 5.26 Å². The largest absolute Gasteiger partial charge is 0.207 e. The number of nitriles is 1. The van der Waals surface area contributed by atoms with Gasteiger partial charge in [0.05, 0.1) is 0 Å². The zero-order valence-corrected chi connectivity index (χ0v) is 12.4. The number of H-pyrrole nitrogens is 1. The van der Waals surface area contributed by atoms with Gasteiger partial charge in [-0.1, -0.05) is 30.4 Å². The van der Waals surface area contributed by atoms with Crippen molar-refractivity contribution in [2.75, 3.05) is 0 Å². The van der Waals surface area contributed by atoms with Gasteiger partial charge in [-0.05, 0) is 47.9 Å². The van der Waals surface area contributed by atoms with Crippen molar-refractivity contribution < 1.29 is 4.39 Å². The maximum absolute atomic E-state index is 12.9. The van der Waals surface area contributed by atoms with Gasteiger partial charge in [0, 0.05) is 5.56 Å². The van der Waals surface area contributed by atoms with Crippen LogP contribution in [0.25, 0.3) is 23.4 Å². The molecule has 0 unspecified atom stereocenters. The van der Waals surface area contributed by atoms with Gasteiger partial charge in [-0.3, -0.25) is 0 Å². The van der Waals surface area contributed by atoms with E-state index in [0.717, 1.165) is 22.3 Å². The molecule has 112 valence electrons. The molecule has 3 aromatic rings. The molecule has 0 aliphatic rings. The summed E-state index contributed by atoms with van der Waals surface area (Å²) in [5.41, 5.74) is 4.56. The SMILES string of the molecule is Cc1cc(C=Cc2ccc(F)cc2)cc(-c2n[nH]nc2C#N)c1. The molecular formula is C18H13FN4. The molecule has 0 amide bonds. The van der Waals surface area contributed by atoms with Gasteiger partial charge in [-0.25, -0.2) is 4.39 Å². The summed E-state index contributed by atoms with van der Waals surface area (Å²) in [4.78, 5) is 0. The third kappa shape index (κ3) is 3.33.